The van der Waals surface area contributed by atoms with Gasteiger partial charge in [-0.3, -0.25) is 0 Å². The van der Waals surface area contributed by atoms with E-state index in [0.29, 0.717) is 49.4 Å². The number of piperidine rings is 1. The van der Waals surface area contributed by atoms with E-state index < -0.39 is 0 Å². The van der Waals surface area contributed by atoms with E-state index in [1.807, 2.05) is 18.2 Å². The Balaban J connectivity index is 1.15. The Morgan fingerprint density at radius 2 is 1.97 bits per heavy atom. The van der Waals surface area contributed by atoms with Crippen molar-refractivity contribution in [3.8, 4) is 11.6 Å². The number of hydrogen-bond donors (Lipinski definition) is 2. The molecule has 4 atom stereocenters. The van der Waals surface area contributed by atoms with Crippen LogP contribution in [0.2, 0.25) is 0 Å². The van der Waals surface area contributed by atoms with Crippen LogP contribution >= 0.6 is 0 Å². The van der Waals surface area contributed by atoms with Crippen LogP contribution in [0.3, 0.4) is 0 Å². The fraction of sp³-hybridized carbons (Fsp3) is 0.708. The molecular formula is C24H34N2O6. The standard InChI is InChI=1S/C24H34N2O6/c27-18-4-5-19(12-18)31-21-2-1-3-22-23(21)24(25-32-22)30-14-16-6-9-26(10-7-16)13-17-15-29-11-8-20(17)28/h1-3,16-20,27-28H,4-15H2. The smallest absolute Gasteiger partial charge is 0.265 e. The second-order valence-corrected chi connectivity index (χ2v) is 9.57. The second kappa shape index (κ2) is 9.95. The molecule has 2 N–H and O–H groups in total. The molecule has 8 nitrogen and oxygen atoms in total. The molecule has 3 aliphatic rings. The van der Waals surface area contributed by atoms with Crippen molar-refractivity contribution >= 4 is 11.0 Å². The highest BCUT2D eigenvalue weighted by molar-refractivity contribution is 5.88. The van der Waals surface area contributed by atoms with E-state index >= 15 is 0 Å². The summed E-state index contributed by atoms with van der Waals surface area (Å²) < 4.78 is 23.3. The first-order chi connectivity index (χ1) is 15.7. The maximum Gasteiger partial charge on any atom is 0.265 e. The van der Waals surface area contributed by atoms with E-state index in [-0.39, 0.29) is 24.2 Å². The lowest BCUT2D eigenvalue weighted by molar-refractivity contribution is -0.0496. The lowest BCUT2D eigenvalue weighted by atomic mass is 9.94. The number of rotatable bonds is 7. The van der Waals surface area contributed by atoms with Crippen LogP contribution in [0.1, 0.15) is 38.5 Å². The number of nitrogens with zero attached hydrogens (tertiary/aromatic N) is 2. The third-order valence-electron chi connectivity index (χ3n) is 7.17. The van der Waals surface area contributed by atoms with Gasteiger partial charge in [0.25, 0.3) is 5.88 Å². The van der Waals surface area contributed by atoms with Crippen molar-refractivity contribution in [2.24, 2.45) is 11.8 Å². The van der Waals surface area contributed by atoms with Gasteiger partial charge in [0.05, 0.1) is 25.4 Å². The zero-order valence-corrected chi connectivity index (χ0v) is 18.5. The molecule has 5 rings (SSSR count). The van der Waals surface area contributed by atoms with Gasteiger partial charge in [0.15, 0.2) is 5.58 Å². The van der Waals surface area contributed by atoms with Crippen LogP contribution in [0.5, 0.6) is 11.6 Å². The van der Waals surface area contributed by atoms with Crippen molar-refractivity contribution in [1.82, 2.24) is 10.1 Å². The van der Waals surface area contributed by atoms with E-state index in [1.54, 1.807) is 0 Å². The highest BCUT2D eigenvalue weighted by atomic mass is 16.5. The van der Waals surface area contributed by atoms with Gasteiger partial charge in [-0.15, -0.1) is 0 Å². The van der Waals surface area contributed by atoms with Crippen LogP contribution < -0.4 is 9.47 Å². The van der Waals surface area contributed by atoms with Gasteiger partial charge in [-0.05, 0) is 68.4 Å². The van der Waals surface area contributed by atoms with Gasteiger partial charge >= 0.3 is 0 Å². The average Bonchev–Trinajstić information content (AvgIpc) is 3.41. The van der Waals surface area contributed by atoms with Crippen molar-refractivity contribution in [1.29, 1.82) is 0 Å². The molecule has 2 aliphatic heterocycles. The summed E-state index contributed by atoms with van der Waals surface area (Å²) in [4.78, 5) is 2.44. The van der Waals surface area contributed by atoms with E-state index in [1.165, 1.54) is 0 Å². The highest BCUT2D eigenvalue weighted by Gasteiger charge is 2.29. The maximum absolute atomic E-state index is 10.2. The molecule has 1 saturated carbocycles. The van der Waals surface area contributed by atoms with Gasteiger partial charge < -0.3 is 33.8 Å². The van der Waals surface area contributed by atoms with Crippen molar-refractivity contribution in [3.63, 3.8) is 0 Å². The lowest BCUT2D eigenvalue weighted by Crippen LogP contribution is -2.44. The van der Waals surface area contributed by atoms with Crippen LogP contribution in [0, 0.1) is 11.8 Å². The first kappa shape index (κ1) is 21.9. The average molecular weight is 447 g/mol. The third-order valence-corrected chi connectivity index (χ3v) is 7.17. The van der Waals surface area contributed by atoms with Crippen molar-refractivity contribution in [2.45, 2.75) is 56.8 Å². The largest absolute Gasteiger partial charge is 0.489 e. The molecule has 2 aromatic rings. The van der Waals surface area contributed by atoms with Crippen molar-refractivity contribution in [3.05, 3.63) is 18.2 Å². The number of likely N-dealkylation sites (tertiary alicyclic amines) is 1. The van der Waals surface area contributed by atoms with E-state index in [9.17, 15) is 10.2 Å². The Morgan fingerprint density at radius 3 is 2.75 bits per heavy atom. The Morgan fingerprint density at radius 1 is 1.09 bits per heavy atom. The van der Waals surface area contributed by atoms with E-state index in [2.05, 4.69) is 10.1 Å². The molecule has 1 aromatic heterocycles. The molecule has 176 valence electrons. The number of aromatic nitrogens is 1. The number of aliphatic hydroxyl groups is 2. The predicted octanol–water partition coefficient (Wildman–Crippen LogP) is 2.61. The van der Waals surface area contributed by atoms with Gasteiger partial charge in [-0.25, -0.2) is 0 Å². The predicted molar refractivity (Wildman–Crippen MR) is 118 cm³/mol. The Kier molecular flexibility index (Phi) is 6.83. The maximum atomic E-state index is 10.2. The topological polar surface area (TPSA) is 97.4 Å². The quantitative estimate of drug-likeness (QED) is 0.670. The minimum atomic E-state index is -0.280. The van der Waals surface area contributed by atoms with Gasteiger partial charge in [0.1, 0.15) is 17.2 Å². The summed E-state index contributed by atoms with van der Waals surface area (Å²) in [5.41, 5.74) is 0.652. The fourth-order valence-corrected chi connectivity index (χ4v) is 5.16. The number of fused-ring (bicyclic) bond motifs is 1. The van der Waals surface area contributed by atoms with Crippen LogP contribution in [-0.4, -0.2) is 78.0 Å². The molecule has 3 fully saturated rings. The molecule has 1 aromatic carbocycles. The SMILES string of the molecule is OC1CCC(Oc2cccc3onc(OCC4CCN(CC5COCCC5O)CC4)c23)C1. The van der Waals surface area contributed by atoms with Crippen molar-refractivity contribution in [2.75, 3.05) is 39.5 Å². The molecule has 0 spiro atoms. The minimum Gasteiger partial charge on any atom is -0.489 e. The molecule has 32 heavy (non-hydrogen) atoms. The summed E-state index contributed by atoms with van der Waals surface area (Å²) in [7, 11) is 0. The Labute approximate surface area is 188 Å². The van der Waals surface area contributed by atoms with Gasteiger partial charge in [-0.2, -0.15) is 0 Å². The van der Waals surface area contributed by atoms with Crippen LogP contribution in [0.4, 0.5) is 0 Å². The molecule has 0 bridgehead atoms. The number of benzene rings is 1. The monoisotopic (exact) mass is 446 g/mol. The van der Waals surface area contributed by atoms with E-state index in [0.717, 1.165) is 57.1 Å². The first-order valence-electron chi connectivity index (χ1n) is 12.0. The zero-order valence-electron chi connectivity index (χ0n) is 18.5. The second-order valence-electron chi connectivity index (χ2n) is 9.57. The summed E-state index contributed by atoms with van der Waals surface area (Å²) in [5.74, 6) is 1.88. The summed E-state index contributed by atoms with van der Waals surface area (Å²) in [6, 6.07) is 5.68. The highest BCUT2D eigenvalue weighted by Crippen LogP contribution is 2.36. The Bertz CT molecular complexity index is 880. The first-order valence-corrected chi connectivity index (χ1v) is 12.0. The van der Waals surface area contributed by atoms with Gasteiger partial charge in [0, 0.05) is 25.5 Å². The summed E-state index contributed by atoms with van der Waals surface area (Å²) in [6.07, 6.45) is 4.63. The number of ether oxygens (including phenoxy) is 3. The molecule has 0 amide bonds. The van der Waals surface area contributed by atoms with Gasteiger partial charge in [0.2, 0.25) is 0 Å². The Hall–Kier alpha value is -1.87. The van der Waals surface area contributed by atoms with Crippen LogP contribution in [-0.2, 0) is 4.74 Å². The lowest BCUT2D eigenvalue weighted by Gasteiger charge is -2.36. The number of hydrogen-bond acceptors (Lipinski definition) is 8. The van der Waals surface area contributed by atoms with E-state index in [4.69, 9.17) is 18.7 Å². The van der Waals surface area contributed by atoms with Crippen LogP contribution in [0.15, 0.2) is 22.7 Å². The summed E-state index contributed by atoms with van der Waals surface area (Å²) in [5, 5.41) is 24.9. The molecule has 3 heterocycles. The molecule has 1 aliphatic carbocycles. The fourth-order valence-electron chi connectivity index (χ4n) is 5.16. The normalized spacial score (nSPS) is 30.1. The van der Waals surface area contributed by atoms with Crippen LogP contribution in [0.25, 0.3) is 11.0 Å². The summed E-state index contributed by atoms with van der Waals surface area (Å²) in [6.45, 7) is 4.85. The molecular weight excluding hydrogens is 412 g/mol. The van der Waals surface area contributed by atoms with Gasteiger partial charge in [-0.1, -0.05) is 6.07 Å². The molecule has 8 heteroatoms. The summed E-state index contributed by atoms with van der Waals surface area (Å²) >= 11 is 0. The minimum absolute atomic E-state index is 0.00996. The molecule has 0 radical (unpaired) electrons. The molecule has 2 saturated heterocycles. The van der Waals surface area contributed by atoms with Crippen molar-refractivity contribution < 1.29 is 28.9 Å². The number of aliphatic hydroxyl groups excluding tert-OH is 2. The molecule has 4 unspecified atom stereocenters. The third kappa shape index (κ3) is 5.03. The zero-order chi connectivity index (χ0) is 21.9.